The zero-order valence-corrected chi connectivity index (χ0v) is 21.9. The molecule has 0 heterocycles. The van der Waals surface area contributed by atoms with E-state index in [1.54, 1.807) is 6.08 Å². The highest BCUT2D eigenvalue weighted by Crippen LogP contribution is 2.18. The van der Waals surface area contributed by atoms with E-state index in [2.05, 4.69) is 105 Å². The number of allylic oxidation sites excluding steroid dienone is 6. The van der Waals surface area contributed by atoms with Crippen LogP contribution in [0.2, 0.25) is 0 Å². The molecule has 31 heavy (non-hydrogen) atoms. The third-order valence-corrected chi connectivity index (χ3v) is 4.74. The number of benzene rings is 1. The molecular formula is C31H50. The normalized spacial score (nSPS) is 11.3. The van der Waals surface area contributed by atoms with Crippen LogP contribution in [0.3, 0.4) is 0 Å². The molecule has 0 spiro atoms. The second kappa shape index (κ2) is 18.7. The second-order valence-electron chi connectivity index (χ2n) is 9.32. The van der Waals surface area contributed by atoms with Gasteiger partial charge >= 0.3 is 0 Å². The summed E-state index contributed by atoms with van der Waals surface area (Å²) in [7, 11) is 0. The molecule has 1 aromatic rings. The fourth-order valence-electron chi connectivity index (χ4n) is 2.84. The van der Waals surface area contributed by atoms with Crippen molar-refractivity contribution in [2.75, 3.05) is 0 Å². The van der Waals surface area contributed by atoms with E-state index in [0.717, 1.165) is 17.9 Å². The van der Waals surface area contributed by atoms with E-state index in [1.807, 2.05) is 19.1 Å². The first-order chi connectivity index (χ1) is 14.5. The largest absolute Gasteiger partial charge is 0.0991 e. The van der Waals surface area contributed by atoms with Crippen molar-refractivity contribution in [1.29, 1.82) is 0 Å². The Morgan fingerprint density at radius 2 is 1.48 bits per heavy atom. The van der Waals surface area contributed by atoms with Crippen LogP contribution < -0.4 is 0 Å². The Hall–Kier alpha value is -2.08. The fourth-order valence-corrected chi connectivity index (χ4v) is 2.84. The lowest BCUT2D eigenvalue weighted by molar-refractivity contribution is 0.480. The maximum atomic E-state index is 3.92. The Morgan fingerprint density at radius 1 is 0.968 bits per heavy atom. The van der Waals surface area contributed by atoms with Gasteiger partial charge in [-0.25, -0.2) is 0 Å². The average molecular weight is 423 g/mol. The van der Waals surface area contributed by atoms with Crippen LogP contribution in [0.15, 0.2) is 73.9 Å². The van der Waals surface area contributed by atoms with Crippen molar-refractivity contribution in [2.24, 2.45) is 11.3 Å². The van der Waals surface area contributed by atoms with Gasteiger partial charge in [-0.15, -0.1) is 0 Å². The molecule has 0 amide bonds. The van der Waals surface area contributed by atoms with Crippen molar-refractivity contribution in [3.8, 4) is 0 Å². The molecule has 0 aliphatic rings. The van der Waals surface area contributed by atoms with Crippen molar-refractivity contribution in [1.82, 2.24) is 0 Å². The van der Waals surface area contributed by atoms with E-state index in [0.29, 0.717) is 0 Å². The minimum Gasteiger partial charge on any atom is -0.0991 e. The van der Waals surface area contributed by atoms with Crippen LogP contribution in [0, 0.1) is 11.3 Å². The van der Waals surface area contributed by atoms with Crippen LogP contribution in [0.5, 0.6) is 0 Å². The molecule has 0 fully saturated rings. The Labute approximate surface area is 195 Å². The van der Waals surface area contributed by atoms with Gasteiger partial charge in [-0.05, 0) is 41.4 Å². The number of hydrogen-bond donors (Lipinski definition) is 0. The maximum absolute atomic E-state index is 3.92. The Balaban J connectivity index is 0. The van der Waals surface area contributed by atoms with Gasteiger partial charge in [-0.2, -0.15) is 0 Å². The van der Waals surface area contributed by atoms with E-state index in [-0.39, 0.29) is 5.41 Å². The zero-order valence-electron chi connectivity index (χ0n) is 21.9. The predicted molar refractivity (Wildman–Crippen MR) is 147 cm³/mol. The summed E-state index contributed by atoms with van der Waals surface area (Å²) in [6.45, 7) is 28.7. The van der Waals surface area contributed by atoms with Crippen molar-refractivity contribution < 1.29 is 0 Å². The maximum Gasteiger partial charge on any atom is -0.0200 e. The lowest BCUT2D eigenvalue weighted by Gasteiger charge is -2.11. The predicted octanol–water partition coefficient (Wildman–Crippen LogP) is 10.7. The SMILES string of the molecule is C=C(C)c1ccc(/C=C/C(C)(C)C)cc1.C=C/C=C(\C=C)CC.CCCC(C)CCC. The molecule has 0 unspecified atom stereocenters. The summed E-state index contributed by atoms with van der Waals surface area (Å²) in [5, 5.41) is 0. The monoisotopic (exact) mass is 422 g/mol. The molecule has 0 atom stereocenters. The highest BCUT2D eigenvalue weighted by Gasteiger charge is 2.03. The summed E-state index contributed by atoms with van der Waals surface area (Å²) in [6, 6.07) is 8.49. The minimum absolute atomic E-state index is 0.243. The molecule has 0 aromatic heterocycles. The standard InChI is InChI=1S/C15H20.C8H18.C8H12/c1-12(2)14-8-6-13(7-9-14)10-11-15(3,4)5;1-4-6-8(3)7-5-2;1-4-7-8(5-2)6-3/h6-11H,1H2,2-5H3;8H,4-7H2,1-3H3;4-5,7H,1-2,6H2,3H3/b11-10+;;8-7+. The van der Waals surface area contributed by atoms with Crippen LogP contribution >= 0.6 is 0 Å². The summed E-state index contributed by atoms with van der Waals surface area (Å²) in [6.07, 6.45) is 16.5. The molecule has 1 rings (SSSR count). The summed E-state index contributed by atoms with van der Waals surface area (Å²) < 4.78 is 0. The summed E-state index contributed by atoms with van der Waals surface area (Å²) in [5.74, 6) is 0.963. The molecule has 0 aliphatic heterocycles. The van der Waals surface area contributed by atoms with Gasteiger partial charge in [0.05, 0.1) is 0 Å². The van der Waals surface area contributed by atoms with Gasteiger partial charge in [-0.3, -0.25) is 0 Å². The molecule has 0 radical (unpaired) electrons. The first-order valence-corrected chi connectivity index (χ1v) is 11.9. The average Bonchev–Trinajstić information content (AvgIpc) is 2.71. The highest BCUT2D eigenvalue weighted by molar-refractivity contribution is 5.63. The molecule has 0 saturated carbocycles. The summed E-state index contributed by atoms with van der Waals surface area (Å²) >= 11 is 0. The van der Waals surface area contributed by atoms with Gasteiger partial charge in [-0.1, -0.05) is 154 Å². The molecule has 0 heteroatoms. The molecule has 1 aromatic carbocycles. The molecule has 0 aliphatic carbocycles. The number of rotatable bonds is 9. The van der Waals surface area contributed by atoms with E-state index in [1.165, 1.54) is 42.4 Å². The minimum atomic E-state index is 0.243. The third-order valence-electron chi connectivity index (χ3n) is 4.74. The third kappa shape index (κ3) is 19.6. The molecule has 0 saturated heterocycles. The smallest absolute Gasteiger partial charge is 0.0200 e. The van der Waals surface area contributed by atoms with E-state index in [4.69, 9.17) is 0 Å². The molecular weight excluding hydrogens is 372 g/mol. The Bertz CT molecular complexity index is 653. The van der Waals surface area contributed by atoms with Crippen LogP contribution in [0.1, 0.15) is 98.6 Å². The molecule has 174 valence electrons. The molecule has 0 N–H and O–H groups in total. The summed E-state index contributed by atoms with van der Waals surface area (Å²) in [4.78, 5) is 0. The molecule has 0 nitrogen and oxygen atoms in total. The fraction of sp³-hybridized carbons (Fsp3) is 0.484. The quantitative estimate of drug-likeness (QED) is 0.347. The van der Waals surface area contributed by atoms with Crippen molar-refractivity contribution in [3.63, 3.8) is 0 Å². The van der Waals surface area contributed by atoms with Crippen LogP contribution in [-0.2, 0) is 0 Å². The number of hydrogen-bond acceptors (Lipinski definition) is 0. The van der Waals surface area contributed by atoms with E-state index >= 15 is 0 Å². The summed E-state index contributed by atoms with van der Waals surface area (Å²) in [5.41, 5.74) is 5.05. The Morgan fingerprint density at radius 3 is 1.77 bits per heavy atom. The lowest BCUT2D eigenvalue weighted by atomic mass is 9.95. The van der Waals surface area contributed by atoms with Gasteiger partial charge in [0.25, 0.3) is 0 Å². The van der Waals surface area contributed by atoms with Crippen molar-refractivity contribution in [3.05, 3.63) is 85.0 Å². The topological polar surface area (TPSA) is 0 Å². The molecule has 0 bridgehead atoms. The van der Waals surface area contributed by atoms with Gasteiger partial charge in [0, 0.05) is 0 Å². The van der Waals surface area contributed by atoms with Crippen LogP contribution in [0.25, 0.3) is 11.6 Å². The van der Waals surface area contributed by atoms with Gasteiger partial charge in [0.2, 0.25) is 0 Å². The van der Waals surface area contributed by atoms with E-state index < -0.39 is 0 Å². The zero-order chi connectivity index (χ0) is 24.3. The van der Waals surface area contributed by atoms with E-state index in [9.17, 15) is 0 Å². The first-order valence-electron chi connectivity index (χ1n) is 11.9. The van der Waals surface area contributed by atoms with Crippen molar-refractivity contribution >= 4 is 11.6 Å². The van der Waals surface area contributed by atoms with Gasteiger partial charge in [0.15, 0.2) is 0 Å². The van der Waals surface area contributed by atoms with Gasteiger partial charge in [0.1, 0.15) is 0 Å². The van der Waals surface area contributed by atoms with Crippen LogP contribution in [-0.4, -0.2) is 0 Å². The van der Waals surface area contributed by atoms with Gasteiger partial charge < -0.3 is 0 Å². The Kier molecular flexibility index (Phi) is 18.7. The highest BCUT2D eigenvalue weighted by atomic mass is 14.1. The second-order valence-corrected chi connectivity index (χ2v) is 9.32. The first kappa shape index (κ1) is 31.1. The lowest BCUT2D eigenvalue weighted by Crippen LogP contribution is -1.97. The van der Waals surface area contributed by atoms with Crippen LogP contribution in [0.4, 0.5) is 0 Å². The van der Waals surface area contributed by atoms with Crippen molar-refractivity contribution in [2.45, 2.75) is 87.5 Å².